The van der Waals surface area contributed by atoms with Gasteiger partial charge < -0.3 is 20.5 Å². The third kappa shape index (κ3) is 9.68. The number of halogens is 2. The van der Waals surface area contributed by atoms with Crippen molar-refractivity contribution in [1.82, 2.24) is 15.5 Å². The molecule has 0 aromatic heterocycles. The Morgan fingerprint density at radius 2 is 2.07 bits per heavy atom. The fourth-order valence-electron chi connectivity index (χ4n) is 2.90. The lowest BCUT2D eigenvalue weighted by molar-refractivity contribution is -0.0179. The molecule has 0 radical (unpaired) electrons. The molecule has 0 spiro atoms. The summed E-state index contributed by atoms with van der Waals surface area (Å²) < 4.78 is 18.6. The predicted molar refractivity (Wildman–Crippen MR) is 117 cm³/mol. The molecule has 1 fully saturated rings. The highest BCUT2D eigenvalue weighted by molar-refractivity contribution is 14.0. The van der Waals surface area contributed by atoms with E-state index >= 15 is 0 Å². The van der Waals surface area contributed by atoms with Gasteiger partial charge in [0.15, 0.2) is 5.96 Å². The Bertz CT molecular complexity index is 581. The molecule has 0 aliphatic carbocycles. The van der Waals surface area contributed by atoms with Crippen LogP contribution in [0.1, 0.15) is 19.4 Å². The molecule has 0 bridgehead atoms. The average molecular weight is 494 g/mol. The van der Waals surface area contributed by atoms with Crippen molar-refractivity contribution in [1.29, 1.82) is 0 Å². The molecule has 1 aliphatic rings. The number of rotatable bonds is 8. The van der Waals surface area contributed by atoms with Crippen LogP contribution in [-0.2, 0) is 11.2 Å². The zero-order valence-electron chi connectivity index (χ0n) is 16.2. The number of ether oxygens (including phenoxy) is 1. The quantitative estimate of drug-likeness (QED) is 0.291. The van der Waals surface area contributed by atoms with Gasteiger partial charge in [-0.2, -0.15) is 0 Å². The summed E-state index contributed by atoms with van der Waals surface area (Å²) in [7, 11) is 0. The maximum absolute atomic E-state index is 13.2. The summed E-state index contributed by atoms with van der Waals surface area (Å²) in [4.78, 5) is 6.71. The number of hydrogen-bond acceptors (Lipinski definition) is 4. The summed E-state index contributed by atoms with van der Waals surface area (Å²) in [5, 5.41) is 17.0. The van der Waals surface area contributed by atoms with Gasteiger partial charge in [0.2, 0.25) is 0 Å². The Morgan fingerprint density at radius 3 is 2.74 bits per heavy atom. The van der Waals surface area contributed by atoms with Crippen molar-refractivity contribution >= 4 is 29.9 Å². The molecule has 1 aliphatic heterocycles. The number of benzene rings is 1. The molecule has 2 rings (SSSR count). The molecule has 154 valence electrons. The van der Waals surface area contributed by atoms with Crippen LogP contribution in [0.2, 0.25) is 0 Å². The smallest absolute Gasteiger partial charge is 0.191 e. The molecule has 1 heterocycles. The lowest BCUT2D eigenvalue weighted by Gasteiger charge is -2.33. The molecule has 1 unspecified atom stereocenters. The van der Waals surface area contributed by atoms with Gasteiger partial charge in [-0.25, -0.2) is 4.39 Å². The van der Waals surface area contributed by atoms with Crippen molar-refractivity contribution in [2.24, 2.45) is 4.99 Å². The maximum Gasteiger partial charge on any atom is 0.191 e. The maximum atomic E-state index is 13.2. The molecule has 0 amide bonds. The number of morpholine rings is 1. The van der Waals surface area contributed by atoms with Gasteiger partial charge >= 0.3 is 0 Å². The molecular formula is C19H32FIN4O2. The summed E-state index contributed by atoms with van der Waals surface area (Å²) in [6.45, 7) is 9.16. The lowest BCUT2D eigenvalue weighted by atomic mass is 10.1. The summed E-state index contributed by atoms with van der Waals surface area (Å²) >= 11 is 0. The van der Waals surface area contributed by atoms with Crippen molar-refractivity contribution < 1.29 is 14.2 Å². The summed E-state index contributed by atoms with van der Waals surface area (Å²) in [5.41, 5.74) is 0.0371. The zero-order chi connectivity index (χ0) is 18.8. The van der Waals surface area contributed by atoms with Gasteiger partial charge in [-0.05, 0) is 38.0 Å². The van der Waals surface area contributed by atoms with E-state index in [1.165, 1.54) is 6.07 Å². The first-order valence-electron chi connectivity index (χ1n) is 9.27. The van der Waals surface area contributed by atoms with Crippen LogP contribution >= 0.6 is 24.0 Å². The fourth-order valence-corrected chi connectivity index (χ4v) is 2.90. The van der Waals surface area contributed by atoms with Crippen LogP contribution < -0.4 is 10.6 Å². The van der Waals surface area contributed by atoms with Crippen LogP contribution in [0, 0.1) is 5.82 Å². The van der Waals surface area contributed by atoms with E-state index in [4.69, 9.17) is 4.74 Å². The van der Waals surface area contributed by atoms with E-state index in [9.17, 15) is 9.50 Å². The molecule has 8 heteroatoms. The molecule has 6 nitrogen and oxygen atoms in total. The van der Waals surface area contributed by atoms with Gasteiger partial charge in [0.05, 0.1) is 25.4 Å². The highest BCUT2D eigenvalue weighted by atomic mass is 127. The first-order valence-corrected chi connectivity index (χ1v) is 9.27. The molecular weight excluding hydrogens is 462 g/mol. The van der Waals surface area contributed by atoms with Crippen LogP contribution in [0.3, 0.4) is 0 Å². The zero-order valence-corrected chi connectivity index (χ0v) is 18.5. The van der Waals surface area contributed by atoms with E-state index in [2.05, 4.69) is 20.5 Å². The molecule has 1 aromatic rings. The molecule has 3 N–H and O–H groups in total. The Morgan fingerprint density at radius 1 is 1.33 bits per heavy atom. The van der Waals surface area contributed by atoms with E-state index < -0.39 is 5.60 Å². The Hall–Kier alpha value is -0.970. The Kier molecular flexibility index (Phi) is 11.1. The highest BCUT2D eigenvalue weighted by Crippen LogP contribution is 2.09. The predicted octanol–water partition coefficient (Wildman–Crippen LogP) is 1.62. The van der Waals surface area contributed by atoms with Crippen molar-refractivity contribution in [3.05, 3.63) is 35.6 Å². The van der Waals surface area contributed by atoms with Crippen LogP contribution in [0.4, 0.5) is 4.39 Å². The van der Waals surface area contributed by atoms with Gasteiger partial charge in [-0.3, -0.25) is 9.89 Å². The molecule has 1 aromatic carbocycles. The summed E-state index contributed by atoms with van der Waals surface area (Å²) in [6, 6.07) is 6.60. The lowest BCUT2D eigenvalue weighted by Crippen LogP contribution is -2.48. The SMILES string of the molecule is CCNC(=NCC(C)(O)CN1CCOCC1)NCCc1cccc(F)c1.I. The van der Waals surface area contributed by atoms with Crippen molar-refractivity contribution in [2.45, 2.75) is 25.9 Å². The number of aliphatic imine (C=N–C) groups is 1. The normalized spacial score (nSPS) is 17.7. The number of nitrogens with one attached hydrogen (secondary N) is 2. The second-order valence-electron chi connectivity index (χ2n) is 6.89. The van der Waals surface area contributed by atoms with Crippen molar-refractivity contribution in [3.8, 4) is 0 Å². The average Bonchev–Trinajstić information content (AvgIpc) is 2.60. The third-order valence-electron chi connectivity index (χ3n) is 4.19. The van der Waals surface area contributed by atoms with Crippen molar-refractivity contribution in [3.63, 3.8) is 0 Å². The highest BCUT2D eigenvalue weighted by Gasteiger charge is 2.25. The molecule has 1 atom stereocenters. The van der Waals surface area contributed by atoms with E-state index in [1.807, 2.05) is 19.9 Å². The van der Waals surface area contributed by atoms with Gasteiger partial charge in [0.25, 0.3) is 0 Å². The largest absolute Gasteiger partial charge is 0.387 e. The van der Waals surface area contributed by atoms with Gasteiger partial charge in [0.1, 0.15) is 5.82 Å². The van der Waals surface area contributed by atoms with Crippen LogP contribution in [-0.4, -0.2) is 74.0 Å². The Balaban J connectivity index is 0.00000364. The van der Waals surface area contributed by atoms with E-state index in [0.717, 1.165) is 25.2 Å². The number of nitrogens with zero attached hydrogens (tertiary/aromatic N) is 2. The summed E-state index contributed by atoms with van der Waals surface area (Å²) in [5.74, 6) is 0.438. The fraction of sp³-hybridized carbons (Fsp3) is 0.632. The topological polar surface area (TPSA) is 69.1 Å². The molecule has 1 saturated heterocycles. The standard InChI is InChI=1S/C19H31FN4O2.HI/c1-3-21-18(22-8-7-16-5-4-6-17(20)13-16)23-14-19(2,25)15-24-9-11-26-12-10-24;/h4-6,13,25H,3,7-12,14-15H2,1-2H3,(H2,21,22,23);1H. The third-order valence-corrected chi connectivity index (χ3v) is 4.19. The molecule has 0 saturated carbocycles. The number of guanidine groups is 1. The van der Waals surface area contributed by atoms with Crippen LogP contribution in [0.5, 0.6) is 0 Å². The van der Waals surface area contributed by atoms with Gasteiger partial charge in [-0.1, -0.05) is 12.1 Å². The second kappa shape index (κ2) is 12.5. The molecule has 27 heavy (non-hydrogen) atoms. The van der Waals surface area contributed by atoms with E-state index in [1.54, 1.807) is 12.1 Å². The van der Waals surface area contributed by atoms with E-state index in [0.29, 0.717) is 45.2 Å². The van der Waals surface area contributed by atoms with Crippen molar-refractivity contribution in [2.75, 3.05) is 52.5 Å². The van der Waals surface area contributed by atoms with Crippen LogP contribution in [0.25, 0.3) is 0 Å². The number of β-amino-alcohol motifs (C(OH)–C–C–N with tert-alkyl or cyclic N) is 1. The van der Waals surface area contributed by atoms with Crippen LogP contribution in [0.15, 0.2) is 29.3 Å². The minimum absolute atomic E-state index is 0. The minimum Gasteiger partial charge on any atom is -0.387 e. The first-order chi connectivity index (χ1) is 12.5. The number of aliphatic hydroxyl groups is 1. The first kappa shape index (κ1) is 24.1. The van der Waals surface area contributed by atoms with Gasteiger partial charge in [0, 0.05) is 32.7 Å². The van der Waals surface area contributed by atoms with Gasteiger partial charge in [-0.15, -0.1) is 24.0 Å². The monoisotopic (exact) mass is 494 g/mol. The Labute approximate surface area is 178 Å². The number of hydrogen-bond donors (Lipinski definition) is 3. The minimum atomic E-state index is -0.901. The summed E-state index contributed by atoms with van der Waals surface area (Å²) in [6.07, 6.45) is 0.701. The second-order valence-corrected chi connectivity index (χ2v) is 6.89. The van der Waals surface area contributed by atoms with E-state index in [-0.39, 0.29) is 29.8 Å².